The Balaban J connectivity index is 2.54. The highest BCUT2D eigenvalue weighted by Gasteiger charge is 2.23. The maximum Gasteiger partial charge on any atom is 0.308 e. The van der Waals surface area contributed by atoms with Crippen molar-refractivity contribution in [1.82, 2.24) is 5.32 Å². The van der Waals surface area contributed by atoms with Gasteiger partial charge in [-0.05, 0) is 32.8 Å². The largest absolute Gasteiger partial charge is 0.481 e. The number of hydrogen-bond acceptors (Lipinski definition) is 2. The zero-order chi connectivity index (χ0) is 15.3. The predicted molar refractivity (Wildman–Crippen MR) is 78.5 cm³/mol. The fourth-order valence-corrected chi connectivity index (χ4v) is 1.88. The molecule has 4 heteroatoms. The van der Waals surface area contributed by atoms with Crippen LogP contribution in [0.2, 0.25) is 0 Å². The molecular weight excluding hydrogens is 254 g/mol. The van der Waals surface area contributed by atoms with E-state index in [0.717, 1.165) is 5.56 Å². The smallest absolute Gasteiger partial charge is 0.308 e. The van der Waals surface area contributed by atoms with Crippen molar-refractivity contribution in [1.29, 1.82) is 0 Å². The Kier molecular flexibility index (Phi) is 5.74. The summed E-state index contributed by atoms with van der Waals surface area (Å²) in [6.45, 7) is 7.19. The normalized spacial score (nSPS) is 15.2. The van der Waals surface area contributed by atoms with Gasteiger partial charge in [0.2, 0.25) is 5.91 Å². The molecule has 0 aliphatic carbocycles. The molecule has 0 radical (unpaired) electrons. The molecule has 3 atom stereocenters. The van der Waals surface area contributed by atoms with Gasteiger partial charge in [-0.25, -0.2) is 0 Å². The van der Waals surface area contributed by atoms with Crippen LogP contribution in [0.25, 0.3) is 0 Å². The lowest BCUT2D eigenvalue weighted by Gasteiger charge is -2.20. The van der Waals surface area contributed by atoms with Gasteiger partial charge >= 0.3 is 5.97 Å². The number of rotatable bonds is 6. The Morgan fingerprint density at radius 2 is 1.70 bits per heavy atom. The van der Waals surface area contributed by atoms with Crippen molar-refractivity contribution < 1.29 is 14.7 Å². The first kappa shape index (κ1) is 16.2. The highest BCUT2D eigenvalue weighted by atomic mass is 16.4. The van der Waals surface area contributed by atoms with Crippen LogP contribution in [0.15, 0.2) is 24.3 Å². The van der Waals surface area contributed by atoms with Gasteiger partial charge in [-0.2, -0.15) is 0 Å². The van der Waals surface area contributed by atoms with E-state index in [4.69, 9.17) is 5.11 Å². The lowest BCUT2D eigenvalue weighted by Crippen LogP contribution is -2.42. The molecule has 0 aliphatic heterocycles. The molecule has 0 aromatic heterocycles. The summed E-state index contributed by atoms with van der Waals surface area (Å²) in [5, 5.41) is 11.7. The first-order valence-electron chi connectivity index (χ1n) is 6.90. The van der Waals surface area contributed by atoms with Gasteiger partial charge < -0.3 is 10.4 Å². The minimum atomic E-state index is -0.899. The van der Waals surface area contributed by atoms with Crippen LogP contribution in [0, 0.1) is 18.8 Å². The Morgan fingerprint density at radius 1 is 1.15 bits per heavy atom. The standard InChI is InChI=1S/C16H23NO3/c1-10-5-7-14(8-6-10)9-11(2)15(18)17-13(4)12(3)16(19)20/h5-8,11-13H,9H2,1-4H3,(H,17,18)(H,19,20). The summed E-state index contributed by atoms with van der Waals surface area (Å²) in [6.07, 6.45) is 0.653. The third kappa shape index (κ3) is 4.68. The average molecular weight is 277 g/mol. The first-order chi connectivity index (χ1) is 9.31. The topological polar surface area (TPSA) is 66.4 Å². The molecule has 0 spiro atoms. The minimum Gasteiger partial charge on any atom is -0.481 e. The van der Waals surface area contributed by atoms with Gasteiger partial charge in [0, 0.05) is 12.0 Å². The number of hydrogen-bond donors (Lipinski definition) is 2. The van der Waals surface area contributed by atoms with Gasteiger partial charge in [-0.15, -0.1) is 0 Å². The van der Waals surface area contributed by atoms with Crippen LogP contribution >= 0.6 is 0 Å². The van der Waals surface area contributed by atoms with E-state index in [1.54, 1.807) is 13.8 Å². The van der Waals surface area contributed by atoms with Gasteiger partial charge in [0.25, 0.3) is 0 Å². The first-order valence-corrected chi connectivity index (χ1v) is 6.90. The van der Waals surface area contributed by atoms with Crippen LogP contribution < -0.4 is 5.32 Å². The molecule has 0 aliphatic rings. The molecule has 4 nitrogen and oxygen atoms in total. The van der Waals surface area contributed by atoms with E-state index in [1.807, 2.05) is 38.1 Å². The van der Waals surface area contributed by atoms with Crippen molar-refractivity contribution in [3.8, 4) is 0 Å². The minimum absolute atomic E-state index is 0.105. The monoisotopic (exact) mass is 277 g/mol. The molecule has 0 saturated carbocycles. The summed E-state index contributed by atoms with van der Waals surface area (Å²) >= 11 is 0. The second-order valence-electron chi connectivity index (χ2n) is 5.51. The molecular formula is C16H23NO3. The van der Waals surface area contributed by atoms with Crippen molar-refractivity contribution in [3.05, 3.63) is 35.4 Å². The number of carboxylic acid groups (broad SMARTS) is 1. The van der Waals surface area contributed by atoms with E-state index in [2.05, 4.69) is 5.32 Å². The van der Waals surface area contributed by atoms with Crippen LogP contribution in [-0.2, 0) is 16.0 Å². The summed E-state index contributed by atoms with van der Waals surface area (Å²) in [7, 11) is 0. The van der Waals surface area contributed by atoms with Crippen LogP contribution in [-0.4, -0.2) is 23.0 Å². The maximum absolute atomic E-state index is 12.0. The summed E-state index contributed by atoms with van der Waals surface area (Å²) in [4.78, 5) is 22.9. The van der Waals surface area contributed by atoms with E-state index < -0.39 is 11.9 Å². The molecule has 0 saturated heterocycles. The second kappa shape index (κ2) is 7.08. The molecule has 3 unspecified atom stereocenters. The second-order valence-corrected chi connectivity index (χ2v) is 5.51. The van der Waals surface area contributed by atoms with E-state index in [9.17, 15) is 9.59 Å². The van der Waals surface area contributed by atoms with Crippen molar-refractivity contribution >= 4 is 11.9 Å². The fourth-order valence-electron chi connectivity index (χ4n) is 1.88. The lowest BCUT2D eigenvalue weighted by atomic mass is 9.98. The van der Waals surface area contributed by atoms with E-state index >= 15 is 0 Å². The fraction of sp³-hybridized carbons (Fsp3) is 0.500. The molecule has 110 valence electrons. The average Bonchev–Trinajstić information content (AvgIpc) is 2.40. The van der Waals surface area contributed by atoms with Gasteiger partial charge in [-0.1, -0.05) is 36.8 Å². The van der Waals surface area contributed by atoms with Gasteiger partial charge in [0.1, 0.15) is 0 Å². The van der Waals surface area contributed by atoms with E-state index in [1.165, 1.54) is 5.56 Å². The highest BCUT2D eigenvalue weighted by molar-refractivity contribution is 5.80. The summed E-state index contributed by atoms with van der Waals surface area (Å²) in [5.41, 5.74) is 2.30. The van der Waals surface area contributed by atoms with Crippen molar-refractivity contribution in [2.75, 3.05) is 0 Å². The van der Waals surface area contributed by atoms with Crippen molar-refractivity contribution in [3.63, 3.8) is 0 Å². The maximum atomic E-state index is 12.0. The Hall–Kier alpha value is -1.84. The van der Waals surface area contributed by atoms with Gasteiger partial charge in [0.05, 0.1) is 5.92 Å². The van der Waals surface area contributed by atoms with Gasteiger partial charge in [-0.3, -0.25) is 9.59 Å². The van der Waals surface area contributed by atoms with Gasteiger partial charge in [0.15, 0.2) is 0 Å². The number of carboxylic acids is 1. The molecule has 0 heterocycles. The Bertz CT molecular complexity index is 467. The number of carbonyl (C=O) groups is 2. The molecule has 20 heavy (non-hydrogen) atoms. The molecule has 1 aromatic carbocycles. The number of aliphatic carboxylic acids is 1. The quantitative estimate of drug-likeness (QED) is 0.839. The summed E-state index contributed by atoms with van der Waals surface area (Å²) < 4.78 is 0. The third-order valence-corrected chi connectivity index (χ3v) is 3.62. The Labute approximate surface area is 120 Å². The SMILES string of the molecule is Cc1ccc(CC(C)C(=O)NC(C)C(C)C(=O)O)cc1. The van der Waals surface area contributed by atoms with Crippen LogP contribution in [0.5, 0.6) is 0 Å². The van der Waals surface area contributed by atoms with Crippen molar-refractivity contribution in [2.45, 2.75) is 40.2 Å². The summed E-state index contributed by atoms with van der Waals surface area (Å²) in [5.74, 6) is -1.78. The number of benzene rings is 1. The number of carbonyl (C=O) groups excluding carboxylic acids is 1. The molecule has 1 aromatic rings. The number of nitrogens with one attached hydrogen (secondary N) is 1. The molecule has 2 N–H and O–H groups in total. The third-order valence-electron chi connectivity index (χ3n) is 3.62. The van der Waals surface area contributed by atoms with Crippen LogP contribution in [0.4, 0.5) is 0 Å². The van der Waals surface area contributed by atoms with E-state index in [0.29, 0.717) is 6.42 Å². The lowest BCUT2D eigenvalue weighted by molar-refractivity contribution is -0.142. The Morgan fingerprint density at radius 3 is 2.20 bits per heavy atom. The molecule has 1 rings (SSSR count). The molecule has 1 amide bonds. The number of amides is 1. The van der Waals surface area contributed by atoms with E-state index in [-0.39, 0.29) is 17.9 Å². The predicted octanol–water partition coefficient (Wildman–Crippen LogP) is 2.40. The molecule has 0 fully saturated rings. The van der Waals surface area contributed by atoms with Crippen LogP contribution in [0.3, 0.4) is 0 Å². The molecule has 0 bridgehead atoms. The zero-order valence-electron chi connectivity index (χ0n) is 12.5. The van der Waals surface area contributed by atoms with Crippen molar-refractivity contribution in [2.24, 2.45) is 11.8 Å². The summed E-state index contributed by atoms with van der Waals surface area (Å²) in [6, 6.07) is 7.70. The highest BCUT2D eigenvalue weighted by Crippen LogP contribution is 2.11. The zero-order valence-corrected chi connectivity index (χ0v) is 12.5. The number of aryl methyl sites for hydroxylation is 1. The van der Waals surface area contributed by atoms with Crippen LogP contribution in [0.1, 0.15) is 31.9 Å².